The SMILES string of the molecule is CC1=C2C(=S)C(C)=[C]([Zr+2]3([C]4=C(C)C(=S)C5=C(C)C=C(c6ccccc6)C54)[CH2]C[CH2]3)C2C(c2ccccc2)=C1.[Cl-].[Cl-]. The zero-order valence-corrected chi connectivity index (χ0v) is 28.9. The first-order valence-corrected chi connectivity index (χ1v) is 20.6. The van der Waals surface area contributed by atoms with Crippen LogP contribution in [0.3, 0.4) is 0 Å². The van der Waals surface area contributed by atoms with E-state index in [4.69, 9.17) is 24.4 Å². The van der Waals surface area contributed by atoms with Gasteiger partial charge in [0.2, 0.25) is 0 Å². The summed E-state index contributed by atoms with van der Waals surface area (Å²) in [4.78, 5) is 2.26. The molecule has 0 spiro atoms. The Morgan fingerprint density at radius 3 is 1.30 bits per heavy atom. The van der Waals surface area contributed by atoms with Crippen LogP contribution in [0, 0.1) is 11.8 Å². The van der Waals surface area contributed by atoms with E-state index in [-0.39, 0.29) is 24.8 Å². The summed E-state index contributed by atoms with van der Waals surface area (Å²) in [5.41, 5.74) is 14.1. The molecule has 1 heterocycles. The van der Waals surface area contributed by atoms with Gasteiger partial charge in [-0.3, -0.25) is 0 Å². The van der Waals surface area contributed by atoms with E-state index in [0.717, 1.165) is 9.73 Å². The Hall–Kier alpha value is -1.48. The molecule has 2 aromatic carbocycles. The van der Waals surface area contributed by atoms with Crippen LogP contribution >= 0.6 is 24.4 Å². The number of thiocarbonyl (C=S) groups is 2. The smallest absolute Gasteiger partial charge is 1.00 e. The van der Waals surface area contributed by atoms with Crippen LogP contribution in [0.5, 0.6) is 0 Å². The third-order valence-corrected chi connectivity index (χ3v) is 25.1. The summed E-state index contributed by atoms with van der Waals surface area (Å²) >= 11 is 9.40. The Balaban J connectivity index is 0.00000161. The van der Waals surface area contributed by atoms with Crippen molar-refractivity contribution < 1.29 is 45.1 Å². The van der Waals surface area contributed by atoms with Crippen molar-refractivity contribution in [3.8, 4) is 0 Å². The molecule has 0 aromatic heterocycles. The minimum absolute atomic E-state index is 0. The van der Waals surface area contributed by atoms with Crippen LogP contribution in [0.1, 0.15) is 45.2 Å². The molecular formula is C35H32Cl2S2Zr. The average Bonchev–Trinajstić information content (AvgIpc) is 3.58. The molecule has 1 saturated heterocycles. The molecule has 202 valence electrons. The maximum atomic E-state index is 6.24. The van der Waals surface area contributed by atoms with Gasteiger partial charge in [-0.2, -0.15) is 0 Å². The normalized spacial score (nSPS) is 23.7. The number of allylic oxidation sites excluding steroid dienone is 12. The minimum atomic E-state index is -3.07. The molecule has 2 aromatic rings. The molecule has 1 fully saturated rings. The zero-order chi connectivity index (χ0) is 26.3. The summed E-state index contributed by atoms with van der Waals surface area (Å²) in [5.74, 6) is 0.684. The van der Waals surface area contributed by atoms with E-state index in [1.807, 2.05) is 0 Å². The number of halogens is 2. The van der Waals surface area contributed by atoms with Gasteiger partial charge in [0.25, 0.3) is 0 Å². The first-order valence-electron chi connectivity index (χ1n) is 13.8. The third kappa shape index (κ3) is 4.06. The first-order chi connectivity index (χ1) is 18.3. The fraction of sp³-hybridized carbons (Fsp3) is 0.257. The summed E-state index contributed by atoms with van der Waals surface area (Å²) < 4.78 is 6.31. The van der Waals surface area contributed by atoms with E-state index in [0.29, 0.717) is 11.8 Å². The molecule has 2 unspecified atom stereocenters. The van der Waals surface area contributed by atoms with E-state index in [9.17, 15) is 0 Å². The van der Waals surface area contributed by atoms with E-state index < -0.39 is 20.3 Å². The van der Waals surface area contributed by atoms with E-state index in [1.165, 1.54) is 70.4 Å². The molecular weight excluding hydrogens is 647 g/mol. The van der Waals surface area contributed by atoms with Crippen LogP contribution in [0.4, 0.5) is 0 Å². The number of fused-ring (bicyclic) bond motifs is 2. The Morgan fingerprint density at radius 2 is 0.975 bits per heavy atom. The molecule has 1 aliphatic heterocycles. The van der Waals surface area contributed by atoms with Crippen molar-refractivity contribution in [2.45, 2.75) is 42.4 Å². The molecule has 0 radical (unpaired) electrons. The second kappa shape index (κ2) is 11.0. The number of rotatable bonds is 4. The average molecular weight is 679 g/mol. The van der Waals surface area contributed by atoms with Crippen LogP contribution in [-0.2, 0) is 20.3 Å². The molecule has 0 saturated carbocycles. The molecule has 2 atom stereocenters. The predicted octanol–water partition coefficient (Wildman–Crippen LogP) is 3.76. The summed E-state index contributed by atoms with van der Waals surface area (Å²) in [6.45, 7) is 9.25. The molecule has 0 bridgehead atoms. The van der Waals surface area contributed by atoms with Crippen molar-refractivity contribution in [2.24, 2.45) is 11.8 Å². The largest absolute Gasteiger partial charge is 1.00 e. The second-order valence-electron chi connectivity index (χ2n) is 11.7. The minimum Gasteiger partial charge on any atom is -1.00 e. The monoisotopic (exact) mass is 676 g/mol. The van der Waals surface area contributed by atoms with E-state index >= 15 is 0 Å². The zero-order valence-electron chi connectivity index (χ0n) is 23.3. The maximum absolute atomic E-state index is 6.24. The molecule has 0 N–H and O–H groups in total. The topological polar surface area (TPSA) is 0 Å². The molecule has 0 amide bonds. The standard InChI is InChI=1S/2C16H13S.C3H6.2ClH.Zr/c2*1-10-8-13(12-6-4-3-5-7-12)14-9-11(2)16(17)15(10)14;1-3-2;;;/h2*3-8,14H,1-2H3;1-3H2;2*1H;/q;;;;;+2/p-2. The van der Waals surface area contributed by atoms with Crippen LogP contribution in [0.25, 0.3) is 11.1 Å². The fourth-order valence-electron chi connectivity index (χ4n) is 8.10. The van der Waals surface area contributed by atoms with E-state index in [1.54, 1.807) is 6.56 Å². The van der Waals surface area contributed by atoms with Gasteiger partial charge in [-0.05, 0) is 0 Å². The molecule has 0 nitrogen and oxygen atoms in total. The van der Waals surface area contributed by atoms with Gasteiger partial charge in [-0.15, -0.1) is 0 Å². The number of hydrogen-bond acceptors (Lipinski definition) is 2. The summed E-state index contributed by atoms with van der Waals surface area (Å²) in [6.07, 6.45) is 6.22. The van der Waals surface area contributed by atoms with Crippen molar-refractivity contribution in [1.82, 2.24) is 0 Å². The van der Waals surface area contributed by atoms with Crippen molar-refractivity contribution in [3.63, 3.8) is 0 Å². The number of benzene rings is 2. The van der Waals surface area contributed by atoms with Gasteiger partial charge in [0.15, 0.2) is 0 Å². The van der Waals surface area contributed by atoms with Crippen molar-refractivity contribution >= 4 is 45.3 Å². The van der Waals surface area contributed by atoms with Crippen LogP contribution < -0.4 is 24.8 Å². The van der Waals surface area contributed by atoms with Gasteiger partial charge in [-0.1, -0.05) is 0 Å². The maximum Gasteiger partial charge on any atom is -1.00 e. The van der Waals surface area contributed by atoms with Gasteiger partial charge in [0.05, 0.1) is 0 Å². The van der Waals surface area contributed by atoms with Gasteiger partial charge >= 0.3 is 244 Å². The van der Waals surface area contributed by atoms with Crippen molar-refractivity contribution in [2.75, 3.05) is 0 Å². The van der Waals surface area contributed by atoms with Crippen molar-refractivity contribution in [1.29, 1.82) is 0 Å². The number of hydrogen-bond donors (Lipinski definition) is 0. The van der Waals surface area contributed by atoms with Crippen LogP contribution in [0.2, 0.25) is 8.26 Å². The van der Waals surface area contributed by atoms with Crippen LogP contribution in [0.15, 0.2) is 113 Å². The molecule has 4 aliphatic carbocycles. The second-order valence-corrected chi connectivity index (χ2v) is 22.9. The molecule has 5 heteroatoms. The van der Waals surface area contributed by atoms with Crippen molar-refractivity contribution in [3.05, 3.63) is 124 Å². The Morgan fingerprint density at radius 1 is 0.600 bits per heavy atom. The van der Waals surface area contributed by atoms with Gasteiger partial charge < -0.3 is 24.8 Å². The van der Waals surface area contributed by atoms with E-state index in [2.05, 4.69) is 101 Å². The summed E-state index contributed by atoms with van der Waals surface area (Å²) in [6, 6.07) is 22.1. The first kappa shape index (κ1) is 30.0. The molecule has 7 rings (SSSR count). The summed E-state index contributed by atoms with van der Waals surface area (Å²) in [7, 11) is 0. The predicted molar refractivity (Wildman–Crippen MR) is 166 cm³/mol. The summed E-state index contributed by atoms with van der Waals surface area (Å²) in [5, 5.41) is 0. The quantitative estimate of drug-likeness (QED) is 0.453. The Bertz CT molecular complexity index is 1530. The Kier molecular flexibility index (Phi) is 8.23. The van der Waals surface area contributed by atoms with Gasteiger partial charge in [-0.25, -0.2) is 0 Å². The van der Waals surface area contributed by atoms with Crippen LogP contribution in [-0.4, -0.2) is 9.73 Å². The van der Waals surface area contributed by atoms with Gasteiger partial charge in [0, 0.05) is 0 Å². The third-order valence-electron chi connectivity index (χ3n) is 9.80. The van der Waals surface area contributed by atoms with Gasteiger partial charge in [0.1, 0.15) is 0 Å². The molecule has 5 aliphatic rings. The Labute approximate surface area is 266 Å². The molecule has 40 heavy (non-hydrogen) atoms. The fourth-order valence-corrected chi connectivity index (χ4v) is 23.6.